The highest BCUT2D eigenvalue weighted by molar-refractivity contribution is 5.76. The first-order valence-electron chi connectivity index (χ1n) is 12.6. The van der Waals surface area contributed by atoms with Gasteiger partial charge in [-0.3, -0.25) is 4.79 Å². The third-order valence-electron chi connectivity index (χ3n) is 7.32. The number of carboxylic acid groups (broad SMARTS) is 1. The summed E-state index contributed by atoms with van der Waals surface area (Å²) in [5, 5.41) is 13.1. The number of alkyl halides is 3. The van der Waals surface area contributed by atoms with Gasteiger partial charge in [0.05, 0.1) is 18.6 Å². The predicted octanol–water partition coefficient (Wildman–Crippen LogP) is 7.35. The maximum atomic E-state index is 14.1. The topological polar surface area (TPSA) is 81.8 Å². The lowest BCUT2D eigenvalue weighted by atomic mass is 9.90. The summed E-state index contributed by atoms with van der Waals surface area (Å²) in [6.45, 7) is 2.06. The smallest absolute Gasteiger partial charge is 0.417 e. The Morgan fingerprint density at radius 2 is 1.79 bits per heavy atom. The second-order valence-corrected chi connectivity index (χ2v) is 9.90. The molecule has 0 fully saturated rings. The fourth-order valence-electron chi connectivity index (χ4n) is 5.54. The van der Waals surface area contributed by atoms with Crippen molar-refractivity contribution in [3.8, 4) is 33.9 Å². The molecule has 1 unspecified atom stereocenters. The minimum Gasteiger partial charge on any atom is -0.492 e. The van der Waals surface area contributed by atoms with Crippen LogP contribution in [0.5, 0.6) is 11.5 Å². The summed E-state index contributed by atoms with van der Waals surface area (Å²) in [5.41, 5.74) is 3.50. The summed E-state index contributed by atoms with van der Waals surface area (Å²) in [7, 11) is 0. The zero-order valence-electron chi connectivity index (χ0n) is 20.9. The van der Waals surface area contributed by atoms with Gasteiger partial charge in [-0.1, -0.05) is 41.6 Å². The fourth-order valence-corrected chi connectivity index (χ4v) is 5.54. The third kappa shape index (κ3) is 4.73. The molecule has 0 amide bonds. The molecule has 39 heavy (non-hydrogen) atoms. The Labute approximate surface area is 222 Å². The second-order valence-electron chi connectivity index (χ2n) is 9.90. The van der Waals surface area contributed by atoms with Gasteiger partial charge in [0, 0.05) is 29.2 Å². The van der Waals surface area contributed by atoms with Gasteiger partial charge in [-0.15, -0.1) is 0 Å². The molecule has 6 rings (SSSR count). The van der Waals surface area contributed by atoms with E-state index in [0.717, 1.165) is 22.8 Å². The van der Waals surface area contributed by atoms with Crippen molar-refractivity contribution in [3.63, 3.8) is 0 Å². The molecule has 9 heteroatoms. The van der Waals surface area contributed by atoms with Crippen molar-refractivity contribution >= 4 is 5.97 Å². The van der Waals surface area contributed by atoms with Crippen molar-refractivity contribution in [1.29, 1.82) is 0 Å². The highest BCUT2D eigenvalue weighted by Crippen LogP contribution is 2.47. The molecule has 3 aromatic carbocycles. The number of halogens is 3. The van der Waals surface area contributed by atoms with Crippen LogP contribution in [0.3, 0.4) is 0 Å². The minimum atomic E-state index is -4.52. The van der Waals surface area contributed by atoms with Crippen LogP contribution in [0.2, 0.25) is 0 Å². The van der Waals surface area contributed by atoms with Crippen LogP contribution < -0.4 is 9.47 Å². The highest BCUT2D eigenvalue weighted by Gasteiger charge is 2.38. The van der Waals surface area contributed by atoms with Gasteiger partial charge >= 0.3 is 12.1 Å². The van der Waals surface area contributed by atoms with Crippen LogP contribution in [0.4, 0.5) is 13.2 Å². The number of fused-ring (bicyclic) bond motifs is 2. The molecule has 1 N–H and O–H groups in total. The van der Waals surface area contributed by atoms with Crippen LogP contribution in [0.15, 0.2) is 65.2 Å². The molecule has 0 spiro atoms. The Bertz CT molecular complexity index is 1560. The lowest BCUT2D eigenvalue weighted by molar-refractivity contribution is -0.138. The predicted molar refractivity (Wildman–Crippen MR) is 136 cm³/mol. The summed E-state index contributed by atoms with van der Waals surface area (Å²) in [4.78, 5) is 11.1. The first-order valence-corrected chi connectivity index (χ1v) is 12.6. The Kier molecular flexibility index (Phi) is 6.09. The molecule has 2 heterocycles. The SMILES string of the molecule is Cc1cc(-c2ccc(-c3c(C(F)(F)F)ccc4c3CC[C@H]4Oc3ccc4c(c3)OCC4CC(=O)O)cc2)no1. The van der Waals surface area contributed by atoms with Gasteiger partial charge in [-0.25, -0.2) is 0 Å². The van der Waals surface area contributed by atoms with Crippen molar-refractivity contribution in [2.75, 3.05) is 6.61 Å². The Morgan fingerprint density at radius 1 is 1.05 bits per heavy atom. The van der Waals surface area contributed by atoms with E-state index in [4.69, 9.17) is 19.1 Å². The molecule has 0 bridgehead atoms. The maximum Gasteiger partial charge on any atom is 0.417 e. The normalized spacial score (nSPS) is 17.9. The van der Waals surface area contributed by atoms with E-state index in [1.165, 1.54) is 6.07 Å². The summed E-state index contributed by atoms with van der Waals surface area (Å²) in [6.07, 6.45) is -4.00. The number of rotatable bonds is 6. The number of ether oxygens (including phenoxy) is 2. The Balaban J connectivity index is 1.32. The number of carboxylic acids is 1. The molecule has 6 nitrogen and oxygen atoms in total. The van der Waals surface area contributed by atoms with E-state index in [1.54, 1.807) is 55.5 Å². The fraction of sp³-hybridized carbons (Fsp3) is 0.267. The van der Waals surface area contributed by atoms with Crippen LogP contribution >= 0.6 is 0 Å². The molecule has 0 saturated heterocycles. The number of aromatic nitrogens is 1. The molecule has 2 aliphatic rings. The van der Waals surface area contributed by atoms with Gasteiger partial charge in [0.2, 0.25) is 0 Å². The highest BCUT2D eigenvalue weighted by atomic mass is 19.4. The lowest BCUT2D eigenvalue weighted by Crippen LogP contribution is -2.10. The average molecular weight is 536 g/mol. The van der Waals surface area contributed by atoms with Gasteiger partial charge in [0.15, 0.2) is 0 Å². The van der Waals surface area contributed by atoms with Crippen molar-refractivity contribution in [2.24, 2.45) is 0 Å². The molecule has 1 aromatic heterocycles. The van der Waals surface area contributed by atoms with Gasteiger partial charge < -0.3 is 19.1 Å². The van der Waals surface area contributed by atoms with Crippen LogP contribution in [0, 0.1) is 6.92 Å². The van der Waals surface area contributed by atoms with E-state index in [2.05, 4.69) is 5.16 Å². The van der Waals surface area contributed by atoms with Gasteiger partial charge in [0.1, 0.15) is 29.1 Å². The van der Waals surface area contributed by atoms with Crippen molar-refractivity contribution in [3.05, 3.63) is 88.7 Å². The van der Waals surface area contributed by atoms with E-state index in [0.29, 0.717) is 46.9 Å². The van der Waals surface area contributed by atoms with E-state index < -0.39 is 23.8 Å². The van der Waals surface area contributed by atoms with Crippen molar-refractivity contribution < 1.29 is 37.1 Å². The average Bonchev–Trinajstić information content (AvgIpc) is 3.62. The maximum absolute atomic E-state index is 14.1. The quantitative estimate of drug-likeness (QED) is 0.278. The monoisotopic (exact) mass is 535 g/mol. The lowest BCUT2D eigenvalue weighted by Gasteiger charge is -2.20. The molecule has 1 aliphatic heterocycles. The number of aliphatic carboxylic acids is 1. The van der Waals surface area contributed by atoms with Crippen LogP contribution in [0.25, 0.3) is 22.4 Å². The largest absolute Gasteiger partial charge is 0.492 e. The molecule has 1 aliphatic carbocycles. The standard InChI is InChI=1S/C30H24F3NO5/c1-16-12-25(34-39-16)17-2-4-18(5-3-17)29-23-9-11-26(22(23)8-10-24(29)30(31,32)33)38-20-6-7-21-19(13-28(35)36)15-37-27(21)14-20/h2-8,10,12,14,19,26H,9,11,13,15H2,1H3,(H,35,36)/t19?,26-/m1/s1. The first kappa shape index (κ1) is 25.0. The number of hydrogen-bond acceptors (Lipinski definition) is 5. The van der Waals surface area contributed by atoms with E-state index in [9.17, 15) is 18.0 Å². The Hall–Kier alpha value is -4.27. The zero-order chi connectivity index (χ0) is 27.3. The molecule has 200 valence electrons. The number of hydrogen-bond donors (Lipinski definition) is 1. The van der Waals surface area contributed by atoms with Crippen molar-refractivity contribution in [2.45, 2.75) is 44.4 Å². The second kappa shape index (κ2) is 9.48. The summed E-state index contributed by atoms with van der Waals surface area (Å²) in [5.74, 6) is 0.636. The molecule has 4 aromatic rings. The van der Waals surface area contributed by atoms with E-state index >= 15 is 0 Å². The number of benzene rings is 3. The van der Waals surface area contributed by atoms with Crippen LogP contribution in [-0.2, 0) is 17.4 Å². The first-order chi connectivity index (χ1) is 18.7. The zero-order valence-corrected chi connectivity index (χ0v) is 20.9. The number of aryl methyl sites for hydroxylation is 1. The molecular weight excluding hydrogens is 511 g/mol. The van der Waals surface area contributed by atoms with Gasteiger partial charge in [-0.05, 0) is 54.2 Å². The number of nitrogens with zero attached hydrogens (tertiary/aromatic N) is 1. The molecular formula is C30H24F3NO5. The molecule has 0 radical (unpaired) electrons. The van der Waals surface area contributed by atoms with Gasteiger partial charge in [-0.2, -0.15) is 13.2 Å². The summed E-state index contributed by atoms with van der Waals surface area (Å²) < 4.78 is 59.4. The summed E-state index contributed by atoms with van der Waals surface area (Å²) in [6, 6.07) is 16.6. The molecule has 2 atom stereocenters. The molecule has 0 saturated carbocycles. The van der Waals surface area contributed by atoms with Crippen molar-refractivity contribution in [1.82, 2.24) is 5.16 Å². The van der Waals surface area contributed by atoms with Crippen LogP contribution in [0.1, 0.15) is 52.9 Å². The minimum absolute atomic E-state index is 0.0211. The summed E-state index contributed by atoms with van der Waals surface area (Å²) >= 11 is 0. The Morgan fingerprint density at radius 3 is 2.49 bits per heavy atom. The van der Waals surface area contributed by atoms with Crippen LogP contribution in [-0.4, -0.2) is 22.8 Å². The van der Waals surface area contributed by atoms with Gasteiger partial charge in [0.25, 0.3) is 0 Å². The van der Waals surface area contributed by atoms with E-state index in [1.807, 2.05) is 0 Å². The third-order valence-corrected chi connectivity index (χ3v) is 7.32. The number of carbonyl (C=O) groups is 1. The van der Waals surface area contributed by atoms with E-state index in [-0.39, 0.29) is 24.5 Å².